The maximum absolute atomic E-state index is 12.6. The number of amides is 2. The number of nitrogens with zero attached hydrogens (tertiary/aromatic N) is 2. The fourth-order valence-electron chi connectivity index (χ4n) is 5.11. The Kier molecular flexibility index (Phi) is 6.46. The van der Waals surface area contributed by atoms with Gasteiger partial charge in [-0.2, -0.15) is 0 Å². The summed E-state index contributed by atoms with van der Waals surface area (Å²) in [5, 5.41) is 3.12. The quantitative estimate of drug-likeness (QED) is 0.656. The van der Waals surface area contributed by atoms with Gasteiger partial charge in [-0.15, -0.1) is 0 Å². The predicted octanol–water partition coefficient (Wildman–Crippen LogP) is 2.11. The van der Waals surface area contributed by atoms with Crippen molar-refractivity contribution < 1.29 is 9.59 Å². The van der Waals surface area contributed by atoms with Gasteiger partial charge in [0.15, 0.2) is 0 Å². The smallest absolute Gasteiger partial charge is 0.251 e. The van der Waals surface area contributed by atoms with Crippen LogP contribution in [0.3, 0.4) is 0 Å². The van der Waals surface area contributed by atoms with Gasteiger partial charge in [0.25, 0.3) is 5.91 Å². The molecule has 2 saturated carbocycles. The lowest BCUT2D eigenvalue weighted by molar-refractivity contribution is -0.135. The van der Waals surface area contributed by atoms with Crippen LogP contribution in [0, 0.1) is 5.92 Å². The van der Waals surface area contributed by atoms with Crippen molar-refractivity contribution >= 4 is 23.2 Å². The fraction of sp³-hybridized carbons (Fsp3) is 0.652. The Morgan fingerprint density at radius 2 is 1.60 bits per heavy atom. The van der Waals surface area contributed by atoms with Gasteiger partial charge in [-0.05, 0) is 56.7 Å². The van der Waals surface area contributed by atoms with E-state index in [1.165, 1.54) is 12.8 Å². The van der Waals surface area contributed by atoms with E-state index in [1.807, 2.05) is 17.0 Å². The first kappa shape index (κ1) is 21.0. The van der Waals surface area contributed by atoms with Gasteiger partial charge in [0.1, 0.15) is 0 Å². The second kappa shape index (κ2) is 9.25. The summed E-state index contributed by atoms with van der Waals surface area (Å²) in [6.07, 6.45) is 8.24. The summed E-state index contributed by atoms with van der Waals surface area (Å²) in [5.41, 5.74) is 14.4. The molecule has 1 saturated heterocycles. The van der Waals surface area contributed by atoms with Crippen LogP contribution in [0.1, 0.15) is 61.7 Å². The Balaban J connectivity index is 1.32. The number of hydrogen-bond acceptors (Lipinski definition) is 5. The summed E-state index contributed by atoms with van der Waals surface area (Å²) in [7, 11) is 0. The number of hydrogen-bond donors (Lipinski definition) is 3. The highest BCUT2D eigenvalue weighted by Crippen LogP contribution is 2.29. The van der Waals surface area contributed by atoms with Gasteiger partial charge in [0.2, 0.25) is 5.91 Å². The Labute approximate surface area is 179 Å². The number of carbonyl (C=O) groups is 2. The molecule has 0 spiro atoms. The van der Waals surface area contributed by atoms with Gasteiger partial charge in [-0.25, -0.2) is 0 Å². The molecule has 1 aromatic rings. The predicted molar refractivity (Wildman–Crippen MR) is 119 cm³/mol. The summed E-state index contributed by atoms with van der Waals surface area (Å²) < 4.78 is 0. The molecule has 164 valence electrons. The van der Waals surface area contributed by atoms with Crippen molar-refractivity contribution in [2.24, 2.45) is 11.7 Å². The number of piperazine rings is 1. The minimum Gasteiger partial charge on any atom is -0.397 e. The zero-order valence-electron chi connectivity index (χ0n) is 17.8. The lowest BCUT2D eigenvalue weighted by Crippen LogP contribution is -2.50. The van der Waals surface area contributed by atoms with Crippen LogP contribution in [0.25, 0.3) is 0 Å². The first-order valence-electron chi connectivity index (χ1n) is 11.5. The number of anilines is 2. The van der Waals surface area contributed by atoms with Gasteiger partial charge in [-0.1, -0.05) is 12.8 Å². The Bertz CT molecular complexity index is 761. The summed E-state index contributed by atoms with van der Waals surface area (Å²) >= 11 is 0. The van der Waals surface area contributed by atoms with Gasteiger partial charge >= 0.3 is 0 Å². The van der Waals surface area contributed by atoms with Gasteiger partial charge in [0, 0.05) is 49.7 Å². The van der Waals surface area contributed by atoms with E-state index in [-0.39, 0.29) is 23.9 Å². The van der Waals surface area contributed by atoms with Crippen molar-refractivity contribution in [3.05, 3.63) is 23.8 Å². The van der Waals surface area contributed by atoms with E-state index in [9.17, 15) is 9.59 Å². The topological polar surface area (TPSA) is 105 Å². The highest BCUT2D eigenvalue weighted by Gasteiger charge is 2.30. The number of nitrogens with one attached hydrogen (secondary N) is 1. The first-order valence-corrected chi connectivity index (χ1v) is 11.5. The highest BCUT2D eigenvalue weighted by molar-refractivity contribution is 5.96. The van der Waals surface area contributed by atoms with Crippen LogP contribution in [-0.2, 0) is 4.79 Å². The van der Waals surface area contributed by atoms with Crippen LogP contribution < -0.4 is 21.7 Å². The number of nitrogen functional groups attached to an aromatic ring is 1. The third kappa shape index (κ3) is 4.72. The fourth-order valence-corrected chi connectivity index (χ4v) is 5.11. The third-order valence-corrected chi connectivity index (χ3v) is 7.03. The molecule has 2 aliphatic carbocycles. The van der Waals surface area contributed by atoms with Crippen molar-refractivity contribution in [2.75, 3.05) is 36.8 Å². The van der Waals surface area contributed by atoms with E-state index in [0.717, 1.165) is 70.4 Å². The molecule has 7 heteroatoms. The molecule has 0 atom stereocenters. The van der Waals surface area contributed by atoms with Gasteiger partial charge < -0.3 is 26.6 Å². The van der Waals surface area contributed by atoms with Gasteiger partial charge in [0.05, 0.1) is 11.4 Å². The molecule has 0 radical (unpaired) electrons. The largest absolute Gasteiger partial charge is 0.397 e. The molecule has 7 nitrogen and oxygen atoms in total. The Morgan fingerprint density at radius 3 is 2.23 bits per heavy atom. The van der Waals surface area contributed by atoms with Crippen molar-refractivity contribution in [3.63, 3.8) is 0 Å². The van der Waals surface area contributed by atoms with Crippen LogP contribution in [-0.4, -0.2) is 55.0 Å². The number of nitrogens with two attached hydrogens (primary N) is 2. The molecule has 3 fully saturated rings. The van der Waals surface area contributed by atoms with Crippen LogP contribution >= 0.6 is 0 Å². The van der Waals surface area contributed by atoms with E-state index in [4.69, 9.17) is 11.5 Å². The Hall–Kier alpha value is -2.28. The van der Waals surface area contributed by atoms with E-state index in [2.05, 4.69) is 10.2 Å². The molecule has 3 aliphatic rings. The van der Waals surface area contributed by atoms with E-state index in [0.29, 0.717) is 17.2 Å². The van der Waals surface area contributed by atoms with Crippen molar-refractivity contribution in [3.8, 4) is 0 Å². The monoisotopic (exact) mass is 413 g/mol. The molecule has 1 heterocycles. The minimum absolute atomic E-state index is 0.0688. The standard InChI is InChI=1S/C23H35N5O2/c24-18-6-8-19(9-7-18)26-22(29)17-5-10-21(20(25)15-17)27-11-13-28(14-12-27)23(30)16-3-1-2-4-16/h5,10,15-16,18-19H,1-4,6-9,11-14,24-25H2,(H,26,29). The molecular formula is C23H35N5O2. The third-order valence-electron chi connectivity index (χ3n) is 7.03. The van der Waals surface area contributed by atoms with Crippen LogP contribution in [0.4, 0.5) is 11.4 Å². The van der Waals surface area contributed by atoms with Crippen LogP contribution in [0.5, 0.6) is 0 Å². The molecule has 5 N–H and O–H groups in total. The normalized spacial score (nSPS) is 25.4. The van der Waals surface area contributed by atoms with Gasteiger partial charge in [-0.3, -0.25) is 9.59 Å². The summed E-state index contributed by atoms with van der Waals surface area (Å²) in [6, 6.07) is 6.03. The first-order chi connectivity index (χ1) is 14.5. The average Bonchev–Trinajstić information content (AvgIpc) is 3.30. The number of rotatable bonds is 4. The highest BCUT2D eigenvalue weighted by atomic mass is 16.2. The lowest BCUT2D eigenvalue weighted by atomic mass is 9.91. The SMILES string of the molecule is Nc1cc(C(=O)NC2CCC(N)CC2)ccc1N1CCN(C(=O)C2CCCC2)CC1. The Morgan fingerprint density at radius 1 is 0.933 bits per heavy atom. The van der Waals surface area contributed by atoms with Crippen molar-refractivity contribution in [1.29, 1.82) is 0 Å². The van der Waals surface area contributed by atoms with Crippen LogP contribution in [0.15, 0.2) is 18.2 Å². The molecule has 1 aliphatic heterocycles. The lowest BCUT2D eigenvalue weighted by Gasteiger charge is -2.37. The minimum atomic E-state index is -0.0688. The van der Waals surface area contributed by atoms with Crippen molar-refractivity contribution in [2.45, 2.75) is 63.5 Å². The molecule has 2 amide bonds. The second-order valence-corrected chi connectivity index (χ2v) is 9.15. The van der Waals surface area contributed by atoms with E-state index < -0.39 is 0 Å². The number of carbonyl (C=O) groups excluding carboxylic acids is 2. The number of benzene rings is 1. The summed E-state index contributed by atoms with van der Waals surface area (Å²) in [6.45, 7) is 3.02. The summed E-state index contributed by atoms with van der Waals surface area (Å²) in [5.74, 6) is 0.496. The molecule has 30 heavy (non-hydrogen) atoms. The molecule has 0 unspecified atom stereocenters. The van der Waals surface area contributed by atoms with Crippen LogP contribution in [0.2, 0.25) is 0 Å². The zero-order chi connectivity index (χ0) is 21.1. The molecule has 0 aromatic heterocycles. The second-order valence-electron chi connectivity index (χ2n) is 9.15. The van der Waals surface area contributed by atoms with E-state index >= 15 is 0 Å². The average molecular weight is 414 g/mol. The molecular weight excluding hydrogens is 378 g/mol. The molecule has 0 bridgehead atoms. The van der Waals surface area contributed by atoms with E-state index in [1.54, 1.807) is 6.07 Å². The zero-order valence-corrected chi connectivity index (χ0v) is 17.8. The van der Waals surface area contributed by atoms with Crippen molar-refractivity contribution in [1.82, 2.24) is 10.2 Å². The molecule has 1 aromatic carbocycles. The maximum Gasteiger partial charge on any atom is 0.251 e. The summed E-state index contributed by atoms with van der Waals surface area (Å²) in [4.78, 5) is 29.5. The molecule has 4 rings (SSSR count). The maximum atomic E-state index is 12.6.